The molecule has 3 aromatic heterocycles. The summed E-state index contributed by atoms with van der Waals surface area (Å²) in [4.78, 5) is 1.15. The van der Waals surface area contributed by atoms with Crippen molar-refractivity contribution in [2.45, 2.75) is 27.7 Å². The number of hydrogen-bond donors (Lipinski definition) is 2. The minimum atomic E-state index is -0.252. The monoisotopic (exact) mass is 430 g/mol. The van der Waals surface area contributed by atoms with Crippen LogP contribution in [0, 0.1) is 5.82 Å². The number of aromatic nitrogens is 4. The molecule has 0 saturated carbocycles. The third kappa shape index (κ3) is 6.73. The molecule has 3 heterocycles. The summed E-state index contributed by atoms with van der Waals surface area (Å²) in [5.74, 6) is 1.03. The van der Waals surface area contributed by atoms with Crippen LogP contribution in [0.3, 0.4) is 0 Å². The number of rotatable bonds is 2. The van der Waals surface area contributed by atoms with E-state index in [2.05, 4.69) is 10.2 Å². The lowest BCUT2D eigenvalue weighted by Crippen LogP contribution is -1.96. The van der Waals surface area contributed by atoms with Gasteiger partial charge in [0.2, 0.25) is 0 Å². The van der Waals surface area contributed by atoms with Gasteiger partial charge in [-0.25, -0.2) is 4.39 Å². The molecule has 0 aliphatic rings. The van der Waals surface area contributed by atoms with E-state index in [1.54, 1.807) is 45.9 Å². The van der Waals surface area contributed by atoms with Gasteiger partial charge in [-0.15, -0.1) is 11.3 Å². The van der Waals surface area contributed by atoms with Crippen molar-refractivity contribution >= 4 is 23.0 Å². The van der Waals surface area contributed by atoms with Gasteiger partial charge in [0.25, 0.3) is 0 Å². The van der Waals surface area contributed by atoms with E-state index in [1.165, 1.54) is 12.1 Å². The molecule has 1 aromatic carbocycles. The van der Waals surface area contributed by atoms with Crippen molar-refractivity contribution in [3.8, 4) is 21.8 Å². The minimum absolute atomic E-state index is 0.252. The van der Waals surface area contributed by atoms with Crippen molar-refractivity contribution in [3.63, 3.8) is 0 Å². The normalized spacial score (nSPS) is 9.43. The fourth-order valence-corrected chi connectivity index (χ4v) is 2.95. The van der Waals surface area contributed by atoms with Crippen LogP contribution in [0.4, 0.5) is 16.0 Å². The molecule has 4 rings (SSSR count). The Bertz CT molecular complexity index is 948. The third-order valence-corrected chi connectivity index (χ3v) is 4.64. The number of halogens is 1. The summed E-state index contributed by atoms with van der Waals surface area (Å²) in [6, 6.07) is 13.8. The molecular weight excluding hydrogens is 399 g/mol. The molecule has 0 aliphatic heterocycles. The summed E-state index contributed by atoms with van der Waals surface area (Å²) in [7, 11) is 3.61. The molecule has 4 N–H and O–H groups in total. The van der Waals surface area contributed by atoms with Gasteiger partial charge in [0.05, 0.1) is 10.6 Å². The highest BCUT2D eigenvalue weighted by molar-refractivity contribution is 7.13. The zero-order chi connectivity index (χ0) is 22.7. The van der Waals surface area contributed by atoms with Crippen molar-refractivity contribution in [3.05, 3.63) is 59.7 Å². The molecule has 0 saturated heterocycles. The van der Waals surface area contributed by atoms with Gasteiger partial charge in [0, 0.05) is 31.8 Å². The Balaban J connectivity index is 0.000000260. The third-order valence-electron chi connectivity index (χ3n) is 3.75. The lowest BCUT2D eigenvalue weighted by Gasteiger charge is -1.94. The topological polar surface area (TPSA) is 87.7 Å². The molecule has 0 fully saturated rings. The summed E-state index contributed by atoms with van der Waals surface area (Å²) >= 11 is 1.67. The molecule has 0 atom stereocenters. The summed E-state index contributed by atoms with van der Waals surface area (Å²) < 4.78 is 15.9. The predicted molar refractivity (Wildman–Crippen MR) is 127 cm³/mol. The molecule has 0 radical (unpaired) electrons. The van der Waals surface area contributed by atoms with Gasteiger partial charge < -0.3 is 11.5 Å². The number of aryl methyl sites for hydroxylation is 2. The largest absolute Gasteiger partial charge is 0.384 e. The van der Waals surface area contributed by atoms with Crippen LogP contribution in [0.5, 0.6) is 0 Å². The van der Waals surface area contributed by atoms with Crippen molar-refractivity contribution in [2.24, 2.45) is 14.1 Å². The average molecular weight is 431 g/mol. The number of thiophene rings is 1. The highest BCUT2D eigenvalue weighted by Gasteiger charge is 2.05. The molecule has 0 aliphatic carbocycles. The van der Waals surface area contributed by atoms with Gasteiger partial charge in [0.15, 0.2) is 0 Å². The number of benzene rings is 1. The molecule has 0 spiro atoms. The molecule has 162 valence electrons. The molecule has 30 heavy (non-hydrogen) atoms. The zero-order valence-electron chi connectivity index (χ0n) is 18.4. The van der Waals surface area contributed by atoms with Crippen LogP contribution >= 0.6 is 11.3 Å². The Morgan fingerprint density at radius 1 is 0.800 bits per heavy atom. The molecule has 4 aromatic rings. The predicted octanol–water partition coefficient (Wildman–Crippen LogP) is 5.59. The van der Waals surface area contributed by atoms with Gasteiger partial charge in [0.1, 0.15) is 23.1 Å². The Morgan fingerprint density at radius 2 is 1.30 bits per heavy atom. The van der Waals surface area contributed by atoms with E-state index in [9.17, 15) is 4.39 Å². The van der Waals surface area contributed by atoms with Gasteiger partial charge in [-0.1, -0.05) is 33.8 Å². The van der Waals surface area contributed by atoms with E-state index in [0.29, 0.717) is 11.6 Å². The average Bonchev–Trinajstić information content (AvgIpc) is 3.49. The SMILES string of the molecule is CC.CC.Cn1nc(-c2ccc(F)cc2)cc1N.Cn1nc(-c2cccs2)cc1N. The molecule has 6 nitrogen and oxygen atoms in total. The fraction of sp³-hybridized carbons (Fsp3) is 0.273. The maximum atomic E-state index is 12.6. The first kappa shape index (κ1) is 24.9. The molecule has 0 bridgehead atoms. The number of anilines is 2. The van der Waals surface area contributed by atoms with Gasteiger partial charge in [-0.3, -0.25) is 9.36 Å². The van der Waals surface area contributed by atoms with Crippen molar-refractivity contribution in [2.75, 3.05) is 11.5 Å². The lowest BCUT2D eigenvalue weighted by atomic mass is 10.1. The first-order valence-electron chi connectivity index (χ1n) is 9.83. The molecule has 8 heteroatoms. The van der Waals surface area contributed by atoms with E-state index in [1.807, 2.05) is 58.3 Å². The van der Waals surface area contributed by atoms with Crippen LogP contribution in [-0.2, 0) is 14.1 Å². The zero-order valence-corrected chi connectivity index (χ0v) is 19.2. The Labute approximate surface area is 182 Å². The number of nitrogen functional groups attached to an aromatic ring is 2. The fourth-order valence-electron chi connectivity index (χ4n) is 2.27. The molecule has 0 amide bonds. The highest BCUT2D eigenvalue weighted by Crippen LogP contribution is 2.24. The molecule has 0 unspecified atom stereocenters. The Hall–Kier alpha value is -3.13. The second-order valence-corrected chi connectivity index (χ2v) is 6.59. The highest BCUT2D eigenvalue weighted by atomic mass is 32.1. The van der Waals surface area contributed by atoms with Crippen LogP contribution in [0.1, 0.15) is 27.7 Å². The van der Waals surface area contributed by atoms with E-state index in [-0.39, 0.29) is 5.82 Å². The van der Waals surface area contributed by atoms with Gasteiger partial charge in [-0.05, 0) is 35.7 Å². The summed E-state index contributed by atoms with van der Waals surface area (Å²) in [6.45, 7) is 8.00. The second-order valence-electron chi connectivity index (χ2n) is 5.64. The summed E-state index contributed by atoms with van der Waals surface area (Å²) in [5, 5.41) is 10.5. The number of nitrogens with two attached hydrogens (primary N) is 2. The van der Waals surface area contributed by atoms with Crippen LogP contribution in [-0.4, -0.2) is 19.6 Å². The smallest absolute Gasteiger partial charge is 0.123 e. The van der Waals surface area contributed by atoms with Crippen LogP contribution in [0.2, 0.25) is 0 Å². The standard InChI is InChI=1S/C10H10FN3.C8H9N3S.2C2H6/c1-14-10(12)6-9(13-14)7-2-4-8(11)5-3-7;1-11-8(9)5-6(10-11)7-3-2-4-12-7;2*1-2/h2-6H,12H2,1H3;2-5H,9H2,1H3;2*1-2H3. The first-order chi connectivity index (χ1) is 14.4. The van der Waals surface area contributed by atoms with Crippen molar-refractivity contribution < 1.29 is 4.39 Å². The maximum Gasteiger partial charge on any atom is 0.123 e. The van der Waals surface area contributed by atoms with Crippen LogP contribution in [0.15, 0.2) is 53.9 Å². The second kappa shape index (κ2) is 12.4. The van der Waals surface area contributed by atoms with Crippen LogP contribution in [0.25, 0.3) is 21.8 Å². The van der Waals surface area contributed by atoms with E-state index in [0.717, 1.165) is 21.8 Å². The minimum Gasteiger partial charge on any atom is -0.384 e. The summed E-state index contributed by atoms with van der Waals surface area (Å²) in [6.07, 6.45) is 0. The Morgan fingerprint density at radius 3 is 1.70 bits per heavy atom. The quantitative estimate of drug-likeness (QED) is 0.434. The van der Waals surface area contributed by atoms with E-state index in [4.69, 9.17) is 11.5 Å². The van der Waals surface area contributed by atoms with Gasteiger partial charge >= 0.3 is 0 Å². The summed E-state index contributed by atoms with van der Waals surface area (Å²) in [5.41, 5.74) is 13.8. The van der Waals surface area contributed by atoms with E-state index < -0.39 is 0 Å². The van der Waals surface area contributed by atoms with Gasteiger partial charge in [-0.2, -0.15) is 10.2 Å². The number of hydrogen-bond acceptors (Lipinski definition) is 5. The Kier molecular flexibility index (Phi) is 10.3. The maximum absolute atomic E-state index is 12.6. The first-order valence-corrected chi connectivity index (χ1v) is 10.7. The lowest BCUT2D eigenvalue weighted by molar-refractivity contribution is 0.628. The van der Waals surface area contributed by atoms with Crippen molar-refractivity contribution in [1.29, 1.82) is 0 Å². The van der Waals surface area contributed by atoms with E-state index >= 15 is 0 Å². The van der Waals surface area contributed by atoms with Crippen LogP contribution < -0.4 is 11.5 Å². The molecular formula is C22H31FN6S. The van der Waals surface area contributed by atoms with Crippen molar-refractivity contribution in [1.82, 2.24) is 19.6 Å². The number of nitrogens with zero attached hydrogens (tertiary/aromatic N) is 4.